The third kappa shape index (κ3) is 3.73. The van der Waals surface area contributed by atoms with E-state index in [1.165, 1.54) is 12.8 Å². The molecule has 66 valence electrons. The van der Waals surface area contributed by atoms with Gasteiger partial charge in [0.2, 0.25) is 0 Å². The fourth-order valence-electron chi connectivity index (χ4n) is 1.42. The van der Waals surface area contributed by atoms with Gasteiger partial charge in [-0.3, -0.25) is 0 Å². The highest BCUT2D eigenvalue weighted by Crippen LogP contribution is 2.33. The molecule has 0 spiro atoms. The van der Waals surface area contributed by atoms with Crippen molar-refractivity contribution in [3.05, 3.63) is 0 Å². The van der Waals surface area contributed by atoms with Crippen LogP contribution in [-0.2, 0) is 0 Å². The van der Waals surface area contributed by atoms with Crippen LogP contribution in [0.25, 0.3) is 0 Å². The number of rotatable bonds is 5. The van der Waals surface area contributed by atoms with Crippen molar-refractivity contribution < 1.29 is 5.11 Å². The standard InChI is InChI=1S/C9H19NO/c1-7(2)10-9(6-11)5-8-3-4-8/h7-11H,3-6H2,1-2H3/t9-/m1/s1. The Hall–Kier alpha value is -0.0800. The van der Waals surface area contributed by atoms with Crippen LogP contribution < -0.4 is 5.32 Å². The van der Waals surface area contributed by atoms with Crippen LogP contribution in [0, 0.1) is 5.92 Å². The molecule has 0 aromatic heterocycles. The Labute approximate surface area is 69.0 Å². The Morgan fingerprint density at radius 2 is 2.09 bits per heavy atom. The lowest BCUT2D eigenvalue weighted by Crippen LogP contribution is -2.37. The van der Waals surface area contributed by atoms with Crippen molar-refractivity contribution in [2.45, 2.75) is 45.2 Å². The van der Waals surface area contributed by atoms with Gasteiger partial charge in [-0.1, -0.05) is 26.7 Å². The number of aliphatic hydroxyl groups excluding tert-OH is 1. The van der Waals surface area contributed by atoms with E-state index in [-0.39, 0.29) is 6.61 Å². The van der Waals surface area contributed by atoms with Gasteiger partial charge in [0.15, 0.2) is 0 Å². The molecular weight excluding hydrogens is 138 g/mol. The number of nitrogens with one attached hydrogen (secondary N) is 1. The van der Waals surface area contributed by atoms with Crippen LogP contribution in [0.5, 0.6) is 0 Å². The van der Waals surface area contributed by atoms with Gasteiger partial charge in [0, 0.05) is 12.1 Å². The zero-order valence-electron chi connectivity index (χ0n) is 7.51. The normalized spacial score (nSPS) is 20.7. The maximum absolute atomic E-state index is 8.99. The molecular formula is C9H19NO. The molecule has 0 aromatic rings. The lowest BCUT2D eigenvalue weighted by Gasteiger charge is -2.18. The van der Waals surface area contributed by atoms with Gasteiger partial charge < -0.3 is 10.4 Å². The lowest BCUT2D eigenvalue weighted by atomic mass is 10.1. The highest BCUT2D eigenvalue weighted by Gasteiger charge is 2.25. The third-order valence-electron chi connectivity index (χ3n) is 2.10. The summed E-state index contributed by atoms with van der Waals surface area (Å²) in [5.41, 5.74) is 0. The summed E-state index contributed by atoms with van der Waals surface area (Å²) in [5, 5.41) is 12.3. The zero-order chi connectivity index (χ0) is 8.27. The number of hydrogen-bond donors (Lipinski definition) is 2. The van der Waals surface area contributed by atoms with Crippen molar-refractivity contribution in [1.29, 1.82) is 0 Å². The van der Waals surface area contributed by atoms with E-state index in [2.05, 4.69) is 19.2 Å². The first kappa shape index (κ1) is 9.01. The van der Waals surface area contributed by atoms with Crippen LogP contribution in [-0.4, -0.2) is 23.8 Å². The molecule has 0 heterocycles. The number of hydrogen-bond acceptors (Lipinski definition) is 2. The monoisotopic (exact) mass is 157 g/mol. The SMILES string of the molecule is CC(C)N[C@@H](CO)CC1CC1. The van der Waals surface area contributed by atoms with Crippen LogP contribution in [0.2, 0.25) is 0 Å². The summed E-state index contributed by atoms with van der Waals surface area (Å²) >= 11 is 0. The quantitative estimate of drug-likeness (QED) is 0.627. The maximum Gasteiger partial charge on any atom is 0.0584 e. The summed E-state index contributed by atoms with van der Waals surface area (Å²) in [6.07, 6.45) is 3.90. The second kappa shape index (κ2) is 4.07. The molecule has 1 aliphatic carbocycles. The molecule has 0 aromatic carbocycles. The summed E-state index contributed by atoms with van der Waals surface area (Å²) in [7, 11) is 0. The van der Waals surface area contributed by atoms with Crippen molar-refractivity contribution in [3.63, 3.8) is 0 Å². The Morgan fingerprint density at radius 1 is 1.45 bits per heavy atom. The minimum Gasteiger partial charge on any atom is -0.395 e. The van der Waals surface area contributed by atoms with E-state index in [0.717, 1.165) is 12.3 Å². The molecule has 1 aliphatic rings. The lowest BCUT2D eigenvalue weighted by molar-refractivity contribution is 0.224. The molecule has 2 heteroatoms. The van der Waals surface area contributed by atoms with Crippen LogP contribution in [0.3, 0.4) is 0 Å². The molecule has 2 nitrogen and oxygen atoms in total. The van der Waals surface area contributed by atoms with Crippen LogP contribution in [0.15, 0.2) is 0 Å². The summed E-state index contributed by atoms with van der Waals surface area (Å²) in [5.74, 6) is 0.901. The Bertz CT molecular complexity index is 106. The molecule has 0 aliphatic heterocycles. The molecule has 11 heavy (non-hydrogen) atoms. The van der Waals surface area contributed by atoms with Crippen LogP contribution in [0.4, 0.5) is 0 Å². The smallest absolute Gasteiger partial charge is 0.0584 e. The highest BCUT2D eigenvalue weighted by molar-refractivity contribution is 4.80. The first-order valence-corrected chi connectivity index (χ1v) is 4.59. The predicted octanol–water partition coefficient (Wildman–Crippen LogP) is 1.15. The van der Waals surface area contributed by atoms with E-state index < -0.39 is 0 Å². The van der Waals surface area contributed by atoms with Gasteiger partial charge >= 0.3 is 0 Å². The van der Waals surface area contributed by atoms with Gasteiger partial charge in [-0.25, -0.2) is 0 Å². The van der Waals surface area contributed by atoms with Crippen molar-refractivity contribution >= 4 is 0 Å². The van der Waals surface area contributed by atoms with Crippen molar-refractivity contribution in [1.82, 2.24) is 5.32 Å². The fraction of sp³-hybridized carbons (Fsp3) is 1.00. The average Bonchev–Trinajstić information content (AvgIpc) is 2.69. The van der Waals surface area contributed by atoms with E-state index in [4.69, 9.17) is 5.11 Å². The molecule has 1 atom stereocenters. The Morgan fingerprint density at radius 3 is 2.45 bits per heavy atom. The number of aliphatic hydroxyl groups is 1. The van der Waals surface area contributed by atoms with Crippen LogP contribution in [0.1, 0.15) is 33.1 Å². The minimum atomic E-state index is 0.286. The summed E-state index contributed by atoms with van der Waals surface area (Å²) < 4.78 is 0. The van der Waals surface area contributed by atoms with Crippen LogP contribution >= 0.6 is 0 Å². The van der Waals surface area contributed by atoms with E-state index in [1.807, 2.05) is 0 Å². The molecule has 1 rings (SSSR count). The topological polar surface area (TPSA) is 32.3 Å². The third-order valence-corrected chi connectivity index (χ3v) is 2.10. The molecule has 0 unspecified atom stereocenters. The molecule has 1 saturated carbocycles. The Kier molecular flexibility index (Phi) is 3.34. The second-order valence-corrected chi connectivity index (χ2v) is 3.88. The van der Waals surface area contributed by atoms with E-state index in [9.17, 15) is 0 Å². The summed E-state index contributed by atoms with van der Waals surface area (Å²) in [4.78, 5) is 0. The summed E-state index contributed by atoms with van der Waals surface area (Å²) in [6.45, 7) is 4.53. The second-order valence-electron chi connectivity index (χ2n) is 3.88. The average molecular weight is 157 g/mol. The van der Waals surface area contributed by atoms with E-state index >= 15 is 0 Å². The van der Waals surface area contributed by atoms with Crippen molar-refractivity contribution in [2.75, 3.05) is 6.61 Å². The first-order chi connectivity index (χ1) is 5.22. The molecule has 1 fully saturated rings. The maximum atomic E-state index is 8.99. The largest absolute Gasteiger partial charge is 0.395 e. The van der Waals surface area contributed by atoms with Gasteiger partial charge in [0.25, 0.3) is 0 Å². The molecule has 0 saturated heterocycles. The summed E-state index contributed by atoms with van der Waals surface area (Å²) in [6, 6.07) is 0.827. The van der Waals surface area contributed by atoms with Gasteiger partial charge in [0.05, 0.1) is 6.61 Å². The molecule has 2 N–H and O–H groups in total. The van der Waals surface area contributed by atoms with E-state index in [1.54, 1.807) is 0 Å². The minimum absolute atomic E-state index is 0.286. The first-order valence-electron chi connectivity index (χ1n) is 4.59. The van der Waals surface area contributed by atoms with Gasteiger partial charge in [-0.15, -0.1) is 0 Å². The predicted molar refractivity (Wildman–Crippen MR) is 46.5 cm³/mol. The van der Waals surface area contributed by atoms with Crippen molar-refractivity contribution in [3.8, 4) is 0 Å². The molecule has 0 bridgehead atoms. The van der Waals surface area contributed by atoms with E-state index in [0.29, 0.717) is 12.1 Å². The molecule has 0 amide bonds. The van der Waals surface area contributed by atoms with Crippen molar-refractivity contribution in [2.24, 2.45) is 5.92 Å². The van der Waals surface area contributed by atoms with Gasteiger partial charge in [0.1, 0.15) is 0 Å². The van der Waals surface area contributed by atoms with Gasteiger partial charge in [-0.05, 0) is 12.3 Å². The zero-order valence-corrected chi connectivity index (χ0v) is 7.51. The highest BCUT2D eigenvalue weighted by atomic mass is 16.3. The molecule has 0 radical (unpaired) electrons. The van der Waals surface area contributed by atoms with Gasteiger partial charge in [-0.2, -0.15) is 0 Å². The Balaban J connectivity index is 2.12. The fourth-order valence-corrected chi connectivity index (χ4v) is 1.42.